The number of allylic oxidation sites excluding steroid dienone is 2. The molecule has 1 aliphatic carbocycles. The fourth-order valence-electron chi connectivity index (χ4n) is 4.82. The Balaban J connectivity index is 1.28. The Kier molecular flexibility index (Phi) is 7.98. The quantitative estimate of drug-likeness (QED) is 0.395. The fourth-order valence-corrected chi connectivity index (χ4v) is 5.71. The van der Waals surface area contributed by atoms with Gasteiger partial charge in [0, 0.05) is 30.6 Å². The molecular formula is C29H31FN2O4S. The monoisotopic (exact) mass is 522 g/mol. The van der Waals surface area contributed by atoms with Crippen LogP contribution in [0.15, 0.2) is 47.9 Å². The standard InChI is InChI=1S/C29H31FN2O4S/c1-19-14-20(16-32-10-12-35-13-11-32)2-3-23(19)17-36-27-9-8-24(30)15-25(27)26-18-37-28(31-26)21-4-6-22(7-5-21)29(33)34/h2-4,8-9,14-15,18,22H,5-7,10-13,16-17H2,1H3,(H,33,34). The molecule has 0 saturated carbocycles. The van der Waals surface area contributed by atoms with Gasteiger partial charge in [-0.3, -0.25) is 9.69 Å². The van der Waals surface area contributed by atoms with Crippen molar-refractivity contribution in [2.75, 3.05) is 26.3 Å². The molecule has 1 aromatic heterocycles. The number of hydrogen-bond donors (Lipinski definition) is 1. The second-order valence-electron chi connectivity index (χ2n) is 9.66. The number of carboxylic acids is 1. The van der Waals surface area contributed by atoms with E-state index in [9.17, 15) is 14.3 Å². The van der Waals surface area contributed by atoms with Crippen LogP contribution in [-0.4, -0.2) is 47.3 Å². The zero-order valence-electron chi connectivity index (χ0n) is 20.9. The summed E-state index contributed by atoms with van der Waals surface area (Å²) in [4.78, 5) is 18.4. The molecule has 3 aromatic rings. The summed E-state index contributed by atoms with van der Waals surface area (Å²) in [5.74, 6) is -0.845. The Bertz CT molecular complexity index is 1300. The first-order valence-electron chi connectivity index (χ1n) is 12.7. The number of aliphatic carboxylic acids is 1. The van der Waals surface area contributed by atoms with Gasteiger partial charge >= 0.3 is 5.97 Å². The van der Waals surface area contributed by atoms with Crippen LogP contribution in [0.25, 0.3) is 16.8 Å². The third-order valence-corrected chi connectivity index (χ3v) is 7.97. The van der Waals surface area contributed by atoms with Crippen LogP contribution in [0.3, 0.4) is 0 Å². The van der Waals surface area contributed by atoms with Crippen molar-refractivity contribution in [1.29, 1.82) is 0 Å². The topological polar surface area (TPSA) is 71.9 Å². The minimum absolute atomic E-state index is 0.330. The van der Waals surface area contributed by atoms with E-state index in [0.29, 0.717) is 42.9 Å². The number of carboxylic acid groups (broad SMARTS) is 1. The molecule has 1 unspecified atom stereocenters. The van der Waals surface area contributed by atoms with Crippen LogP contribution in [-0.2, 0) is 22.7 Å². The highest BCUT2D eigenvalue weighted by molar-refractivity contribution is 7.11. The molecular weight excluding hydrogens is 491 g/mol. The van der Waals surface area contributed by atoms with E-state index in [2.05, 4.69) is 30.0 Å². The third-order valence-electron chi connectivity index (χ3n) is 7.06. The highest BCUT2D eigenvalue weighted by Gasteiger charge is 2.23. The zero-order valence-corrected chi connectivity index (χ0v) is 21.7. The van der Waals surface area contributed by atoms with Gasteiger partial charge < -0.3 is 14.6 Å². The van der Waals surface area contributed by atoms with Crippen molar-refractivity contribution < 1.29 is 23.8 Å². The Labute approximate surface area is 220 Å². The van der Waals surface area contributed by atoms with Crippen molar-refractivity contribution in [2.45, 2.75) is 39.3 Å². The number of rotatable bonds is 8. The maximum absolute atomic E-state index is 14.2. The maximum atomic E-state index is 14.2. The van der Waals surface area contributed by atoms with Gasteiger partial charge in [-0.15, -0.1) is 11.3 Å². The normalized spacial score (nSPS) is 18.4. The summed E-state index contributed by atoms with van der Waals surface area (Å²) < 4.78 is 25.8. The van der Waals surface area contributed by atoms with Crippen LogP contribution >= 0.6 is 11.3 Å². The fraction of sp³-hybridized carbons (Fsp3) is 0.379. The Morgan fingerprint density at radius 1 is 1.24 bits per heavy atom. The molecule has 1 saturated heterocycles. The van der Waals surface area contributed by atoms with Crippen molar-refractivity contribution in [2.24, 2.45) is 5.92 Å². The lowest BCUT2D eigenvalue weighted by Crippen LogP contribution is -2.35. The Morgan fingerprint density at radius 3 is 2.81 bits per heavy atom. The van der Waals surface area contributed by atoms with Gasteiger partial charge in [-0.25, -0.2) is 9.37 Å². The lowest BCUT2D eigenvalue weighted by molar-refractivity contribution is -0.141. The summed E-state index contributed by atoms with van der Waals surface area (Å²) in [5, 5.41) is 12.0. The first-order chi connectivity index (χ1) is 18.0. The van der Waals surface area contributed by atoms with E-state index in [1.54, 1.807) is 6.07 Å². The predicted molar refractivity (Wildman–Crippen MR) is 142 cm³/mol. The molecule has 0 amide bonds. The molecule has 37 heavy (non-hydrogen) atoms. The zero-order chi connectivity index (χ0) is 25.8. The Morgan fingerprint density at radius 2 is 2.08 bits per heavy atom. The van der Waals surface area contributed by atoms with Crippen molar-refractivity contribution in [3.05, 3.63) is 75.4 Å². The van der Waals surface area contributed by atoms with Crippen LogP contribution in [0.4, 0.5) is 4.39 Å². The van der Waals surface area contributed by atoms with E-state index in [1.165, 1.54) is 29.0 Å². The van der Waals surface area contributed by atoms with Crippen molar-refractivity contribution in [3.63, 3.8) is 0 Å². The first-order valence-corrected chi connectivity index (χ1v) is 13.5. The van der Waals surface area contributed by atoms with Gasteiger partial charge in [0.1, 0.15) is 23.2 Å². The first kappa shape index (κ1) is 25.6. The van der Waals surface area contributed by atoms with Gasteiger partial charge in [-0.2, -0.15) is 0 Å². The number of thiazole rings is 1. The number of aromatic nitrogens is 1. The Hall–Kier alpha value is -3.07. The van der Waals surface area contributed by atoms with Crippen LogP contribution in [0.1, 0.15) is 41.0 Å². The molecule has 194 valence electrons. The molecule has 0 spiro atoms. The van der Waals surface area contributed by atoms with Gasteiger partial charge in [0.15, 0.2) is 0 Å². The minimum atomic E-state index is -0.751. The van der Waals surface area contributed by atoms with Gasteiger partial charge in [0.2, 0.25) is 0 Å². The van der Waals surface area contributed by atoms with E-state index < -0.39 is 5.97 Å². The number of ether oxygens (including phenoxy) is 2. The number of hydrogen-bond acceptors (Lipinski definition) is 6. The van der Waals surface area contributed by atoms with Crippen LogP contribution in [0.5, 0.6) is 5.75 Å². The summed E-state index contributed by atoms with van der Waals surface area (Å²) in [6.07, 6.45) is 3.77. The molecule has 2 aromatic carbocycles. The van der Waals surface area contributed by atoms with E-state index in [0.717, 1.165) is 54.6 Å². The lowest BCUT2D eigenvalue weighted by atomic mass is 9.90. The van der Waals surface area contributed by atoms with Crippen LogP contribution in [0.2, 0.25) is 0 Å². The maximum Gasteiger partial charge on any atom is 0.306 e. The van der Waals surface area contributed by atoms with E-state index >= 15 is 0 Å². The van der Waals surface area contributed by atoms with Crippen molar-refractivity contribution >= 4 is 22.9 Å². The summed E-state index contributed by atoms with van der Waals surface area (Å²) in [6, 6.07) is 11.0. The predicted octanol–water partition coefficient (Wildman–Crippen LogP) is 5.94. The van der Waals surface area contributed by atoms with E-state index in [4.69, 9.17) is 14.5 Å². The molecule has 5 rings (SSSR count). The van der Waals surface area contributed by atoms with Gasteiger partial charge in [0.05, 0.1) is 24.8 Å². The third kappa shape index (κ3) is 6.26. The molecule has 6 nitrogen and oxygen atoms in total. The highest BCUT2D eigenvalue weighted by atomic mass is 32.1. The molecule has 0 radical (unpaired) electrons. The van der Waals surface area contributed by atoms with Gasteiger partial charge in [-0.1, -0.05) is 24.3 Å². The number of morpholine rings is 1. The summed E-state index contributed by atoms with van der Waals surface area (Å²) >= 11 is 1.49. The summed E-state index contributed by atoms with van der Waals surface area (Å²) in [7, 11) is 0. The molecule has 1 N–H and O–H groups in total. The average Bonchev–Trinajstić information content (AvgIpc) is 3.40. The summed E-state index contributed by atoms with van der Waals surface area (Å²) in [6.45, 7) is 6.86. The second-order valence-corrected chi connectivity index (χ2v) is 10.5. The van der Waals surface area contributed by atoms with Crippen LogP contribution in [0, 0.1) is 18.7 Å². The van der Waals surface area contributed by atoms with Crippen molar-refractivity contribution in [1.82, 2.24) is 9.88 Å². The summed E-state index contributed by atoms with van der Waals surface area (Å²) in [5.41, 5.74) is 5.85. The van der Waals surface area contributed by atoms with Gasteiger partial charge in [0.25, 0.3) is 0 Å². The average molecular weight is 523 g/mol. The van der Waals surface area contributed by atoms with Crippen LogP contribution < -0.4 is 4.74 Å². The highest BCUT2D eigenvalue weighted by Crippen LogP contribution is 2.37. The molecule has 1 fully saturated rings. The number of halogens is 1. The number of aryl methyl sites for hydroxylation is 1. The van der Waals surface area contributed by atoms with E-state index in [-0.39, 0.29) is 11.7 Å². The van der Waals surface area contributed by atoms with Gasteiger partial charge in [-0.05, 0) is 66.6 Å². The minimum Gasteiger partial charge on any atom is -0.488 e. The molecule has 2 aliphatic rings. The number of benzene rings is 2. The lowest BCUT2D eigenvalue weighted by Gasteiger charge is -2.26. The van der Waals surface area contributed by atoms with E-state index in [1.807, 2.05) is 11.5 Å². The molecule has 1 atom stereocenters. The SMILES string of the molecule is Cc1cc(CN2CCOCC2)ccc1COc1ccc(F)cc1-c1csc(C2=CCC(C(=O)O)CC2)n1. The number of nitrogens with zero attached hydrogens (tertiary/aromatic N) is 2. The second kappa shape index (κ2) is 11.5. The number of carbonyl (C=O) groups is 1. The largest absolute Gasteiger partial charge is 0.488 e. The molecule has 0 bridgehead atoms. The smallest absolute Gasteiger partial charge is 0.306 e. The molecule has 1 aliphatic heterocycles. The van der Waals surface area contributed by atoms with Crippen molar-refractivity contribution in [3.8, 4) is 17.0 Å². The molecule has 8 heteroatoms. The molecule has 2 heterocycles.